The Morgan fingerprint density at radius 2 is 2.22 bits per heavy atom. The summed E-state index contributed by atoms with van der Waals surface area (Å²) in [5.74, 6) is 1.75. The van der Waals surface area contributed by atoms with E-state index in [-0.39, 0.29) is 17.9 Å². The van der Waals surface area contributed by atoms with Crippen molar-refractivity contribution in [2.45, 2.75) is 12.5 Å². The lowest BCUT2D eigenvalue weighted by Crippen LogP contribution is -2.49. The molecule has 1 atom stereocenters. The van der Waals surface area contributed by atoms with E-state index in [1.807, 2.05) is 0 Å². The lowest BCUT2D eigenvalue weighted by Gasteiger charge is -2.22. The van der Waals surface area contributed by atoms with Crippen molar-refractivity contribution in [2.75, 3.05) is 44.9 Å². The third-order valence-electron chi connectivity index (χ3n) is 2.52. The molecule has 1 aliphatic heterocycles. The highest BCUT2D eigenvalue weighted by molar-refractivity contribution is 7.99. The first kappa shape index (κ1) is 15.3. The van der Waals surface area contributed by atoms with Gasteiger partial charge in [-0.2, -0.15) is 11.8 Å². The molecule has 7 heteroatoms. The summed E-state index contributed by atoms with van der Waals surface area (Å²) in [6, 6.07) is -0.125. The fourth-order valence-electron chi connectivity index (χ4n) is 1.54. The van der Waals surface area contributed by atoms with Crippen molar-refractivity contribution in [3.63, 3.8) is 0 Å². The topological polar surface area (TPSA) is 79.5 Å². The molecule has 1 unspecified atom stereocenters. The van der Waals surface area contributed by atoms with Crippen LogP contribution in [0.15, 0.2) is 0 Å². The number of methoxy groups -OCH3 is 1. The Bertz CT molecular complexity index is 270. The van der Waals surface area contributed by atoms with Crippen molar-refractivity contribution in [1.82, 2.24) is 16.0 Å². The van der Waals surface area contributed by atoms with E-state index in [9.17, 15) is 9.59 Å². The third kappa shape index (κ3) is 6.23. The molecule has 1 aliphatic rings. The van der Waals surface area contributed by atoms with Crippen molar-refractivity contribution in [3.05, 3.63) is 0 Å². The van der Waals surface area contributed by atoms with Crippen molar-refractivity contribution in [1.29, 1.82) is 0 Å². The number of carbonyl (C=O) groups excluding carboxylic acids is 2. The molecule has 0 saturated carbocycles. The van der Waals surface area contributed by atoms with Crippen LogP contribution in [0.4, 0.5) is 0 Å². The van der Waals surface area contributed by atoms with Gasteiger partial charge in [0, 0.05) is 44.7 Å². The summed E-state index contributed by atoms with van der Waals surface area (Å²) in [5.41, 5.74) is 0. The number of rotatable bonds is 7. The van der Waals surface area contributed by atoms with Gasteiger partial charge in [-0.05, 0) is 0 Å². The maximum absolute atomic E-state index is 11.7. The molecular weight excluding hydrogens is 254 g/mol. The average molecular weight is 275 g/mol. The lowest BCUT2D eigenvalue weighted by molar-refractivity contribution is -0.123. The molecule has 6 nitrogen and oxygen atoms in total. The molecule has 0 spiro atoms. The molecule has 2 amide bonds. The largest absolute Gasteiger partial charge is 0.383 e. The summed E-state index contributed by atoms with van der Waals surface area (Å²) in [4.78, 5) is 23.0. The van der Waals surface area contributed by atoms with Crippen LogP contribution in [0.2, 0.25) is 0 Å². The summed E-state index contributed by atoms with van der Waals surface area (Å²) >= 11 is 1.77. The van der Waals surface area contributed by atoms with E-state index in [0.29, 0.717) is 26.1 Å². The molecule has 0 radical (unpaired) electrons. The zero-order chi connectivity index (χ0) is 13.2. The van der Waals surface area contributed by atoms with Crippen LogP contribution in [0.3, 0.4) is 0 Å². The molecule has 0 aromatic rings. The number of ether oxygens (including phenoxy) is 1. The van der Waals surface area contributed by atoms with E-state index in [4.69, 9.17) is 4.74 Å². The second-order valence-electron chi connectivity index (χ2n) is 3.97. The van der Waals surface area contributed by atoms with Gasteiger partial charge in [-0.15, -0.1) is 0 Å². The molecule has 3 N–H and O–H groups in total. The van der Waals surface area contributed by atoms with E-state index in [1.165, 1.54) is 0 Å². The van der Waals surface area contributed by atoms with E-state index in [2.05, 4.69) is 16.0 Å². The summed E-state index contributed by atoms with van der Waals surface area (Å²) in [6.07, 6.45) is 0.301. The van der Waals surface area contributed by atoms with Crippen molar-refractivity contribution in [3.8, 4) is 0 Å². The van der Waals surface area contributed by atoms with Gasteiger partial charge in [-0.3, -0.25) is 9.59 Å². The number of nitrogens with one attached hydrogen (secondary N) is 3. The molecular formula is C11H21N3O3S. The van der Waals surface area contributed by atoms with Gasteiger partial charge in [-0.25, -0.2) is 0 Å². The number of thioether (sulfide) groups is 1. The van der Waals surface area contributed by atoms with Gasteiger partial charge < -0.3 is 20.7 Å². The Morgan fingerprint density at radius 1 is 1.39 bits per heavy atom. The number of hydrogen-bond donors (Lipinski definition) is 3. The zero-order valence-corrected chi connectivity index (χ0v) is 11.5. The van der Waals surface area contributed by atoms with E-state index >= 15 is 0 Å². The fraction of sp³-hybridized carbons (Fsp3) is 0.818. The first-order valence-corrected chi connectivity index (χ1v) is 7.24. The van der Waals surface area contributed by atoms with Gasteiger partial charge in [0.2, 0.25) is 11.8 Å². The summed E-state index contributed by atoms with van der Waals surface area (Å²) in [5, 5.41) is 8.62. The summed E-state index contributed by atoms with van der Waals surface area (Å²) in [6.45, 7) is 2.24. The van der Waals surface area contributed by atoms with Gasteiger partial charge >= 0.3 is 0 Å². The fourth-order valence-corrected chi connectivity index (χ4v) is 2.47. The Balaban J connectivity index is 2.05. The monoisotopic (exact) mass is 275 g/mol. The van der Waals surface area contributed by atoms with Crippen LogP contribution in [0.5, 0.6) is 0 Å². The highest BCUT2D eigenvalue weighted by atomic mass is 32.2. The molecule has 1 fully saturated rings. The maximum Gasteiger partial charge on any atom is 0.238 e. The number of hydrogen-bond acceptors (Lipinski definition) is 5. The standard InChI is InChI=1S/C11H21N3O3S/c1-17-6-4-13-10(15)2-3-14-11(16)9-8-18-7-5-12-9/h9,12H,2-8H2,1H3,(H,13,15)(H,14,16). The Hall–Kier alpha value is -0.790. The zero-order valence-electron chi connectivity index (χ0n) is 10.7. The smallest absolute Gasteiger partial charge is 0.238 e. The molecule has 18 heavy (non-hydrogen) atoms. The predicted octanol–water partition coefficient (Wildman–Crippen LogP) is -1.04. The third-order valence-corrected chi connectivity index (χ3v) is 3.58. The quantitative estimate of drug-likeness (QED) is 0.517. The summed E-state index contributed by atoms with van der Waals surface area (Å²) < 4.78 is 4.82. The molecule has 104 valence electrons. The van der Waals surface area contributed by atoms with Gasteiger partial charge in [0.05, 0.1) is 12.6 Å². The van der Waals surface area contributed by atoms with Crippen LogP contribution < -0.4 is 16.0 Å². The molecule has 0 aliphatic carbocycles. The highest BCUT2D eigenvalue weighted by Gasteiger charge is 2.20. The average Bonchev–Trinajstić information content (AvgIpc) is 2.40. The molecule has 0 bridgehead atoms. The van der Waals surface area contributed by atoms with Crippen molar-refractivity contribution < 1.29 is 14.3 Å². The van der Waals surface area contributed by atoms with Crippen molar-refractivity contribution >= 4 is 23.6 Å². The SMILES string of the molecule is COCCNC(=O)CCNC(=O)C1CSCCN1. The molecule has 1 rings (SSSR count). The summed E-state index contributed by atoms with van der Waals surface area (Å²) in [7, 11) is 1.58. The molecule has 0 aromatic carbocycles. The minimum absolute atomic E-state index is 0.0214. The van der Waals surface area contributed by atoms with E-state index in [0.717, 1.165) is 18.1 Å². The van der Waals surface area contributed by atoms with Gasteiger partial charge in [0.1, 0.15) is 0 Å². The van der Waals surface area contributed by atoms with Gasteiger partial charge in [-0.1, -0.05) is 0 Å². The second kappa shape index (κ2) is 9.18. The van der Waals surface area contributed by atoms with E-state index < -0.39 is 0 Å². The Kier molecular flexibility index (Phi) is 7.79. The number of carbonyl (C=O) groups is 2. The maximum atomic E-state index is 11.7. The van der Waals surface area contributed by atoms with Crippen molar-refractivity contribution in [2.24, 2.45) is 0 Å². The number of amides is 2. The lowest BCUT2D eigenvalue weighted by atomic mass is 10.3. The normalized spacial score (nSPS) is 19.3. The Morgan fingerprint density at radius 3 is 2.89 bits per heavy atom. The van der Waals surface area contributed by atoms with Crippen LogP contribution in [-0.4, -0.2) is 62.7 Å². The van der Waals surface area contributed by atoms with Crippen LogP contribution in [0.25, 0.3) is 0 Å². The minimum Gasteiger partial charge on any atom is -0.383 e. The van der Waals surface area contributed by atoms with Crippen LogP contribution >= 0.6 is 11.8 Å². The second-order valence-corrected chi connectivity index (χ2v) is 5.12. The van der Waals surface area contributed by atoms with Gasteiger partial charge in [0.25, 0.3) is 0 Å². The first-order valence-electron chi connectivity index (χ1n) is 6.08. The first-order chi connectivity index (χ1) is 8.74. The van der Waals surface area contributed by atoms with E-state index in [1.54, 1.807) is 18.9 Å². The minimum atomic E-state index is -0.125. The highest BCUT2D eigenvalue weighted by Crippen LogP contribution is 2.07. The van der Waals surface area contributed by atoms with Gasteiger partial charge in [0.15, 0.2) is 0 Å². The van der Waals surface area contributed by atoms with Crippen LogP contribution in [0.1, 0.15) is 6.42 Å². The van der Waals surface area contributed by atoms with Crippen LogP contribution in [-0.2, 0) is 14.3 Å². The Labute approximate surface area is 112 Å². The molecule has 1 saturated heterocycles. The molecule has 1 heterocycles. The predicted molar refractivity (Wildman–Crippen MR) is 71.6 cm³/mol. The van der Waals surface area contributed by atoms with Crippen LogP contribution in [0, 0.1) is 0 Å². The molecule has 0 aromatic heterocycles.